The average Bonchev–Trinajstić information content (AvgIpc) is 2.53. The minimum atomic E-state index is -0.913. The Balaban J connectivity index is 1.81. The molecule has 5 nitrogen and oxygen atoms in total. The highest BCUT2D eigenvalue weighted by Gasteiger charge is 2.18. The van der Waals surface area contributed by atoms with Crippen molar-refractivity contribution in [3.63, 3.8) is 0 Å². The molecule has 0 heterocycles. The van der Waals surface area contributed by atoms with E-state index in [4.69, 9.17) is 9.47 Å². The first-order chi connectivity index (χ1) is 11.4. The molecule has 0 aliphatic carbocycles. The van der Waals surface area contributed by atoms with Crippen molar-refractivity contribution in [3.05, 3.63) is 58.6 Å². The van der Waals surface area contributed by atoms with Crippen molar-refractivity contribution in [3.8, 4) is 5.75 Å². The number of nitrogens with one attached hydrogen (secondary N) is 1. The number of hydrogen-bond donors (Lipinski definition) is 1. The number of amides is 1. The van der Waals surface area contributed by atoms with Crippen LogP contribution in [0.15, 0.2) is 53.0 Å². The van der Waals surface area contributed by atoms with Gasteiger partial charge in [0.05, 0.1) is 0 Å². The molecular weight excluding hydrogens is 374 g/mol. The highest BCUT2D eigenvalue weighted by Crippen LogP contribution is 2.17. The van der Waals surface area contributed by atoms with Crippen LogP contribution in [0.4, 0.5) is 5.69 Å². The number of esters is 1. The number of rotatable bonds is 6. The van der Waals surface area contributed by atoms with E-state index < -0.39 is 18.0 Å². The average molecular weight is 392 g/mol. The number of carbonyl (C=O) groups is 2. The molecule has 0 aromatic heterocycles. The van der Waals surface area contributed by atoms with Gasteiger partial charge in [-0.05, 0) is 49.7 Å². The molecule has 0 aliphatic rings. The molecule has 2 aromatic rings. The van der Waals surface area contributed by atoms with E-state index in [2.05, 4.69) is 21.2 Å². The van der Waals surface area contributed by atoms with Crippen molar-refractivity contribution in [2.75, 3.05) is 11.9 Å². The predicted octanol–water partition coefficient (Wildman–Crippen LogP) is 3.71. The fraction of sp³-hybridized carbons (Fsp3) is 0.222. The first kappa shape index (κ1) is 18.0. The summed E-state index contributed by atoms with van der Waals surface area (Å²) in [5.41, 5.74) is 1.69. The van der Waals surface area contributed by atoms with Crippen molar-refractivity contribution in [2.24, 2.45) is 0 Å². The Morgan fingerprint density at radius 1 is 1.17 bits per heavy atom. The lowest BCUT2D eigenvalue weighted by molar-refractivity contribution is -0.155. The van der Waals surface area contributed by atoms with E-state index in [9.17, 15) is 9.59 Å². The molecule has 6 heteroatoms. The topological polar surface area (TPSA) is 64.6 Å². The summed E-state index contributed by atoms with van der Waals surface area (Å²) in [5.74, 6) is -0.462. The zero-order valence-corrected chi connectivity index (χ0v) is 15.0. The van der Waals surface area contributed by atoms with E-state index >= 15 is 0 Å². The van der Waals surface area contributed by atoms with Crippen molar-refractivity contribution < 1.29 is 19.1 Å². The van der Waals surface area contributed by atoms with Crippen molar-refractivity contribution in [2.45, 2.75) is 20.0 Å². The molecule has 1 atom stereocenters. The SMILES string of the molecule is Cc1cccc(NC(=O)[C@H](C)OC(=O)COc2cccc(Br)c2)c1. The summed E-state index contributed by atoms with van der Waals surface area (Å²) < 4.78 is 11.3. The monoisotopic (exact) mass is 391 g/mol. The van der Waals surface area contributed by atoms with Gasteiger partial charge in [0.2, 0.25) is 0 Å². The quantitative estimate of drug-likeness (QED) is 0.762. The van der Waals surface area contributed by atoms with Gasteiger partial charge < -0.3 is 14.8 Å². The maximum atomic E-state index is 12.0. The first-order valence-corrected chi connectivity index (χ1v) is 8.19. The molecule has 0 bridgehead atoms. The van der Waals surface area contributed by atoms with Crippen LogP contribution in [0.1, 0.15) is 12.5 Å². The molecule has 1 N–H and O–H groups in total. The molecule has 0 radical (unpaired) electrons. The zero-order valence-electron chi connectivity index (χ0n) is 13.4. The Kier molecular flexibility index (Phi) is 6.37. The summed E-state index contributed by atoms with van der Waals surface area (Å²) in [6.45, 7) is 3.18. The number of aryl methyl sites for hydroxylation is 1. The van der Waals surface area contributed by atoms with Gasteiger partial charge in [0, 0.05) is 10.2 Å². The number of halogens is 1. The molecule has 0 aliphatic heterocycles. The summed E-state index contributed by atoms with van der Waals surface area (Å²) >= 11 is 3.32. The van der Waals surface area contributed by atoms with Gasteiger partial charge in [0.15, 0.2) is 12.7 Å². The Hall–Kier alpha value is -2.34. The minimum Gasteiger partial charge on any atom is -0.482 e. The van der Waals surface area contributed by atoms with Gasteiger partial charge in [-0.15, -0.1) is 0 Å². The number of anilines is 1. The molecule has 0 unspecified atom stereocenters. The molecule has 0 saturated heterocycles. The fourth-order valence-corrected chi connectivity index (χ4v) is 2.33. The number of benzene rings is 2. The Morgan fingerprint density at radius 2 is 1.92 bits per heavy atom. The van der Waals surface area contributed by atoms with Gasteiger partial charge in [0.1, 0.15) is 5.75 Å². The summed E-state index contributed by atoms with van der Waals surface area (Å²) in [7, 11) is 0. The van der Waals surface area contributed by atoms with Gasteiger partial charge in [-0.3, -0.25) is 4.79 Å². The van der Waals surface area contributed by atoms with Gasteiger partial charge in [-0.25, -0.2) is 4.79 Å². The lowest BCUT2D eigenvalue weighted by Crippen LogP contribution is -2.31. The van der Waals surface area contributed by atoms with E-state index in [1.807, 2.05) is 31.2 Å². The van der Waals surface area contributed by atoms with Crippen LogP contribution in [0.2, 0.25) is 0 Å². The maximum Gasteiger partial charge on any atom is 0.344 e. The third kappa shape index (κ3) is 5.70. The first-order valence-electron chi connectivity index (χ1n) is 7.39. The van der Waals surface area contributed by atoms with Gasteiger partial charge in [-0.1, -0.05) is 34.1 Å². The highest BCUT2D eigenvalue weighted by atomic mass is 79.9. The van der Waals surface area contributed by atoms with Crippen LogP contribution in [-0.4, -0.2) is 24.6 Å². The summed E-state index contributed by atoms with van der Waals surface area (Å²) in [4.78, 5) is 23.8. The molecule has 24 heavy (non-hydrogen) atoms. The number of carbonyl (C=O) groups excluding carboxylic acids is 2. The second-order valence-electron chi connectivity index (χ2n) is 5.24. The van der Waals surface area contributed by atoms with Crippen LogP contribution < -0.4 is 10.1 Å². The number of ether oxygens (including phenoxy) is 2. The summed E-state index contributed by atoms with van der Waals surface area (Å²) in [5, 5.41) is 2.71. The van der Waals surface area contributed by atoms with Crippen LogP contribution >= 0.6 is 15.9 Å². The van der Waals surface area contributed by atoms with Crippen LogP contribution in [0.5, 0.6) is 5.75 Å². The Labute approximate surface area is 149 Å². The van der Waals surface area contributed by atoms with Gasteiger partial charge >= 0.3 is 5.97 Å². The molecule has 126 valence electrons. The van der Waals surface area contributed by atoms with Crippen molar-refractivity contribution >= 4 is 33.5 Å². The van der Waals surface area contributed by atoms with E-state index in [0.29, 0.717) is 11.4 Å². The van der Waals surface area contributed by atoms with Crippen LogP contribution in [0.3, 0.4) is 0 Å². The molecule has 0 fully saturated rings. The Morgan fingerprint density at radius 3 is 2.62 bits per heavy atom. The second-order valence-corrected chi connectivity index (χ2v) is 6.15. The van der Waals surface area contributed by atoms with E-state index in [0.717, 1.165) is 10.0 Å². The largest absolute Gasteiger partial charge is 0.482 e. The van der Waals surface area contributed by atoms with E-state index in [1.54, 1.807) is 24.3 Å². The zero-order chi connectivity index (χ0) is 17.5. The summed E-state index contributed by atoms with van der Waals surface area (Å²) in [6.07, 6.45) is -0.913. The molecule has 2 rings (SSSR count). The van der Waals surface area contributed by atoms with Crippen LogP contribution in [-0.2, 0) is 14.3 Å². The van der Waals surface area contributed by atoms with E-state index in [1.165, 1.54) is 6.92 Å². The maximum absolute atomic E-state index is 12.0. The lowest BCUT2D eigenvalue weighted by Gasteiger charge is -2.14. The van der Waals surface area contributed by atoms with Gasteiger partial charge in [-0.2, -0.15) is 0 Å². The predicted molar refractivity (Wildman–Crippen MR) is 95.0 cm³/mol. The summed E-state index contributed by atoms with van der Waals surface area (Å²) in [6, 6.07) is 14.5. The van der Waals surface area contributed by atoms with Crippen LogP contribution in [0.25, 0.3) is 0 Å². The third-order valence-corrected chi connectivity index (χ3v) is 3.61. The Bertz CT molecular complexity index is 732. The lowest BCUT2D eigenvalue weighted by atomic mass is 10.2. The fourth-order valence-electron chi connectivity index (χ4n) is 1.95. The third-order valence-electron chi connectivity index (χ3n) is 3.12. The molecule has 0 saturated carbocycles. The van der Waals surface area contributed by atoms with E-state index in [-0.39, 0.29) is 6.61 Å². The molecule has 0 spiro atoms. The smallest absolute Gasteiger partial charge is 0.344 e. The van der Waals surface area contributed by atoms with Gasteiger partial charge in [0.25, 0.3) is 5.91 Å². The standard InChI is InChI=1S/C18H18BrNO4/c1-12-5-3-7-15(9-12)20-18(22)13(2)24-17(21)11-23-16-8-4-6-14(19)10-16/h3-10,13H,11H2,1-2H3,(H,20,22)/t13-/m0/s1. The van der Waals surface area contributed by atoms with Crippen molar-refractivity contribution in [1.82, 2.24) is 0 Å². The molecule has 1 amide bonds. The normalized spacial score (nSPS) is 11.5. The second kappa shape index (κ2) is 8.49. The molecule has 2 aromatic carbocycles. The minimum absolute atomic E-state index is 0.265. The van der Waals surface area contributed by atoms with Crippen LogP contribution in [0, 0.1) is 6.92 Å². The highest BCUT2D eigenvalue weighted by molar-refractivity contribution is 9.10. The van der Waals surface area contributed by atoms with Crippen molar-refractivity contribution in [1.29, 1.82) is 0 Å². The number of hydrogen-bond acceptors (Lipinski definition) is 4. The molecular formula is C18H18BrNO4.